The molecule has 0 radical (unpaired) electrons. The second-order valence-electron chi connectivity index (χ2n) is 5.44. The summed E-state index contributed by atoms with van der Waals surface area (Å²) in [5, 5.41) is 11.2. The molecule has 5 nitrogen and oxygen atoms in total. The lowest BCUT2D eigenvalue weighted by atomic mass is 10.1. The zero-order valence-electron chi connectivity index (χ0n) is 11.6. The van der Waals surface area contributed by atoms with Gasteiger partial charge in [0.2, 0.25) is 5.91 Å². The van der Waals surface area contributed by atoms with Gasteiger partial charge in [0, 0.05) is 49.3 Å². The third-order valence-corrected chi connectivity index (χ3v) is 4.78. The van der Waals surface area contributed by atoms with Crippen LogP contribution in [-0.2, 0) is 11.2 Å². The summed E-state index contributed by atoms with van der Waals surface area (Å²) in [5.74, 6) is 0.459. The molecule has 1 aliphatic heterocycles. The van der Waals surface area contributed by atoms with Crippen LogP contribution in [0.3, 0.4) is 0 Å². The summed E-state index contributed by atoms with van der Waals surface area (Å²) in [6.45, 7) is 3.66. The number of likely N-dealkylation sites (tertiary alicyclic amines) is 1. The predicted molar refractivity (Wildman–Crippen MR) is 77.9 cm³/mol. The largest absolute Gasteiger partial charge is 0.396 e. The minimum atomic E-state index is 0.184. The minimum Gasteiger partial charge on any atom is -0.396 e. The predicted octanol–water partition coefficient (Wildman–Crippen LogP) is 1.48. The van der Waals surface area contributed by atoms with E-state index >= 15 is 0 Å². The van der Waals surface area contributed by atoms with E-state index in [1.807, 2.05) is 18.0 Å². The fourth-order valence-electron chi connectivity index (χ4n) is 2.72. The average Bonchev–Trinajstić information content (AvgIpc) is 3.11. The number of rotatable bonds is 4. The summed E-state index contributed by atoms with van der Waals surface area (Å²) >= 11 is 1.62. The van der Waals surface area contributed by atoms with Crippen LogP contribution in [0, 0.1) is 12.8 Å². The molecule has 2 aromatic rings. The smallest absolute Gasteiger partial charge is 0.222 e. The SMILES string of the molecule is Cc1cn2c(CCC(=O)N3CCC(CO)C3)csc2n1. The van der Waals surface area contributed by atoms with Gasteiger partial charge in [-0.1, -0.05) is 0 Å². The Labute approximate surface area is 121 Å². The zero-order valence-corrected chi connectivity index (χ0v) is 12.4. The van der Waals surface area contributed by atoms with Crippen molar-refractivity contribution in [1.29, 1.82) is 0 Å². The van der Waals surface area contributed by atoms with Crippen molar-refractivity contribution in [3.8, 4) is 0 Å². The van der Waals surface area contributed by atoms with E-state index in [1.165, 1.54) is 0 Å². The van der Waals surface area contributed by atoms with Gasteiger partial charge in [-0.15, -0.1) is 11.3 Å². The number of fused-ring (bicyclic) bond motifs is 1. The van der Waals surface area contributed by atoms with Crippen LogP contribution in [0.15, 0.2) is 11.6 Å². The number of carbonyl (C=O) groups is 1. The second kappa shape index (κ2) is 5.54. The van der Waals surface area contributed by atoms with Gasteiger partial charge in [-0.2, -0.15) is 0 Å². The van der Waals surface area contributed by atoms with Crippen molar-refractivity contribution in [2.45, 2.75) is 26.2 Å². The number of aliphatic hydroxyl groups excluding tert-OH is 1. The van der Waals surface area contributed by atoms with Gasteiger partial charge < -0.3 is 10.0 Å². The molecule has 1 N–H and O–H groups in total. The Hall–Kier alpha value is -1.40. The molecular formula is C14H19N3O2S. The fourth-order valence-corrected chi connectivity index (χ4v) is 3.68. The van der Waals surface area contributed by atoms with E-state index in [2.05, 4.69) is 14.8 Å². The lowest BCUT2D eigenvalue weighted by molar-refractivity contribution is -0.130. The van der Waals surface area contributed by atoms with Crippen molar-refractivity contribution < 1.29 is 9.90 Å². The van der Waals surface area contributed by atoms with E-state index in [1.54, 1.807) is 11.3 Å². The van der Waals surface area contributed by atoms with E-state index in [4.69, 9.17) is 5.11 Å². The maximum Gasteiger partial charge on any atom is 0.222 e. The number of thiazole rings is 1. The van der Waals surface area contributed by atoms with E-state index in [0.717, 1.165) is 35.7 Å². The summed E-state index contributed by atoms with van der Waals surface area (Å²) in [5.41, 5.74) is 2.16. The second-order valence-corrected chi connectivity index (χ2v) is 6.28. The molecule has 1 atom stereocenters. The maximum atomic E-state index is 12.2. The van der Waals surface area contributed by atoms with Crippen molar-refractivity contribution in [2.75, 3.05) is 19.7 Å². The van der Waals surface area contributed by atoms with Gasteiger partial charge in [-0.25, -0.2) is 4.98 Å². The summed E-state index contributed by atoms with van der Waals surface area (Å²) in [6.07, 6.45) is 4.21. The van der Waals surface area contributed by atoms with Gasteiger partial charge in [-0.3, -0.25) is 9.20 Å². The molecule has 1 fully saturated rings. The highest BCUT2D eigenvalue weighted by atomic mass is 32.1. The monoisotopic (exact) mass is 293 g/mol. The van der Waals surface area contributed by atoms with Crippen molar-refractivity contribution in [1.82, 2.24) is 14.3 Å². The zero-order chi connectivity index (χ0) is 14.1. The quantitative estimate of drug-likeness (QED) is 0.929. The minimum absolute atomic E-state index is 0.184. The Morgan fingerprint density at radius 3 is 3.20 bits per heavy atom. The Kier molecular flexibility index (Phi) is 3.76. The number of nitrogens with zero attached hydrogens (tertiary/aromatic N) is 3. The summed E-state index contributed by atoms with van der Waals surface area (Å²) in [6, 6.07) is 0. The number of aliphatic hydroxyl groups is 1. The standard InChI is InChI=1S/C14H19N3O2S/c1-10-6-17-12(9-20-14(17)15-10)2-3-13(19)16-5-4-11(7-16)8-18/h6,9,11,18H,2-5,7-8H2,1H3. The highest BCUT2D eigenvalue weighted by Crippen LogP contribution is 2.20. The molecule has 3 heterocycles. The summed E-state index contributed by atoms with van der Waals surface area (Å²) in [4.78, 5) is 19.5. The average molecular weight is 293 g/mol. The molecule has 6 heteroatoms. The maximum absolute atomic E-state index is 12.2. The molecule has 0 aliphatic carbocycles. The van der Waals surface area contributed by atoms with Gasteiger partial charge in [0.25, 0.3) is 0 Å². The third-order valence-electron chi connectivity index (χ3n) is 3.90. The third kappa shape index (κ3) is 2.58. The fraction of sp³-hybridized carbons (Fsp3) is 0.571. The van der Waals surface area contributed by atoms with Crippen molar-refractivity contribution >= 4 is 22.2 Å². The van der Waals surface area contributed by atoms with Gasteiger partial charge >= 0.3 is 0 Å². The van der Waals surface area contributed by atoms with E-state index < -0.39 is 0 Å². The van der Waals surface area contributed by atoms with E-state index in [0.29, 0.717) is 13.0 Å². The molecule has 3 rings (SSSR count). The lowest BCUT2D eigenvalue weighted by Crippen LogP contribution is -2.29. The highest BCUT2D eigenvalue weighted by Gasteiger charge is 2.25. The van der Waals surface area contributed by atoms with Crippen molar-refractivity contribution in [3.05, 3.63) is 23.0 Å². The van der Waals surface area contributed by atoms with Gasteiger partial charge in [0.15, 0.2) is 4.96 Å². The summed E-state index contributed by atoms with van der Waals surface area (Å²) < 4.78 is 2.08. The molecule has 1 amide bonds. The van der Waals surface area contributed by atoms with Crippen LogP contribution in [0.5, 0.6) is 0 Å². The number of aromatic nitrogens is 2. The lowest BCUT2D eigenvalue weighted by Gasteiger charge is -2.15. The van der Waals surface area contributed by atoms with Crippen LogP contribution in [0.25, 0.3) is 4.96 Å². The Morgan fingerprint density at radius 2 is 2.45 bits per heavy atom. The molecule has 0 bridgehead atoms. The Balaban J connectivity index is 1.60. The molecule has 2 aromatic heterocycles. The molecule has 0 saturated carbocycles. The van der Waals surface area contributed by atoms with Crippen molar-refractivity contribution in [2.24, 2.45) is 5.92 Å². The number of aryl methyl sites for hydroxylation is 2. The Morgan fingerprint density at radius 1 is 1.60 bits per heavy atom. The number of imidazole rings is 1. The molecule has 20 heavy (non-hydrogen) atoms. The van der Waals surface area contributed by atoms with Crippen LogP contribution in [0.1, 0.15) is 24.2 Å². The first-order valence-corrected chi connectivity index (χ1v) is 7.86. The van der Waals surface area contributed by atoms with Crippen molar-refractivity contribution in [3.63, 3.8) is 0 Å². The summed E-state index contributed by atoms with van der Waals surface area (Å²) in [7, 11) is 0. The first-order chi connectivity index (χ1) is 9.67. The molecule has 0 spiro atoms. The van der Waals surface area contributed by atoms with E-state index in [-0.39, 0.29) is 18.4 Å². The normalized spacial score (nSPS) is 19.1. The van der Waals surface area contributed by atoms with Crippen LogP contribution < -0.4 is 0 Å². The topological polar surface area (TPSA) is 57.8 Å². The number of carbonyl (C=O) groups excluding carboxylic acids is 1. The van der Waals surface area contributed by atoms with Crippen LogP contribution in [0.2, 0.25) is 0 Å². The first-order valence-electron chi connectivity index (χ1n) is 6.98. The van der Waals surface area contributed by atoms with Gasteiger partial charge in [-0.05, 0) is 19.8 Å². The number of hydrogen-bond donors (Lipinski definition) is 1. The molecule has 1 aliphatic rings. The van der Waals surface area contributed by atoms with Crippen LogP contribution in [0.4, 0.5) is 0 Å². The molecule has 0 aromatic carbocycles. The molecule has 1 saturated heterocycles. The van der Waals surface area contributed by atoms with E-state index in [9.17, 15) is 4.79 Å². The molecule has 108 valence electrons. The highest BCUT2D eigenvalue weighted by molar-refractivity contribution is 7.15. The molecular weight excluding hydrogens is 274 g/mol. The number of hydrogen-bond acceptors (Lipinski definition) is 4. The van der Waals surface area contributed by atoms with Gasteiger partial charge in [0.05, 0.1) is 5.69 Å². The number of amides is 1. The van der Waals surface area contributed by atoms with Crippen LogP contribution in [-0.4, -0.2) is 45.0 Å². The Bertz CT molecular complexity index is 619. The molecule has 1 unspecified atom stereocenters. The van der Waals surface area contributed by atoms with Crippen LogP contribution >= 0.6 is 11.3 Å². The van der Waals surface area contributed by atoms with Gasteiger partial charge in [0.1, 0.15) is 0 Å². The first kappa shape index (κ1) is 13.6.